The van der Waals surface area contributed by atoms with E-state index in [4.69, 9.17) is 5.11 Å². The van der Waals surface area contributed by atoms with Gasteiger partial charge >= 0.3 is 0 Å². The average molecular weight is 156 g/mol. The van der Waals surface area contributed by atoms with Gasteiger partial charge < -0.3 is 10.0 Å². The maximum Gasteiger partial charge on any atom is 0.0794 e. The predicted molar refractivity (Wildman–Crippen MR) is 43.5 cm³/mol. The third-order valence-electron chi connectivity index (χ3n) is 2.77. The smallest absolute Gasteiger partial charge is 0.0794 e. The molecule has 1 N–H and O–H groups in total. The van der Waals surface area contributed by atoms with Crippen molar-refractivity contribution in [2.45, 2.75) is 18.6 Å². The number of aliphatic hydroxyl groups is 1. The van der Waals surface area contributed by atoms with Crippen LogP contribution in [0.15, 0.2) is 0 Å². The van der Waals surface area contributed by atoms with Crippen LogP contribution in [0.1, 0.15) is 6.42 Å². The fourth-order valence-electron chi connectivity index (χ4n) is 2.00. The van der Waals surface area contributed by atoms with Gasteiger partial charge in [0.25, 0.3) is 0 Å². The van der Waals surface area contributed by atoms with Crippen LogP contribution in [-0.4, -0.2) is 60.3 Å². The Morgan fingerprint density at radius 1 is 1.27 bits per heavy atom. The Kier molecular flexibility index (Phi) is 1.87. The highest BCUT2D eigenvalue weighted by molar-refractivity contribution is 4.89. The fourth-order valence-corrected chi connectivity index (χ4v) is 2.00. The van der Waals surface area contributed by atoms with Crippen molar-refractivity contribution >= 4 is 0 Å². The maximum atomic E-state index is 9.09. The van der Waals surface area contributed by atoms with Crippen LogP contribution in [0.5, 0.6) is 0 Å². The van der Waals surface area contributed by atoms with Gasteiger partial charge in [0, 0.05) is 25.7 Å². The van der Waals surface area contributed by atoms with E-state index in [1.54, 1.807) is 0 Å². The topological polar surface area (TPSA) is 26.7 Å². The summed E-state index contributed by atoms with van der Waals surface area (Å²) in [5.41, 5.74) is 0. The lowest BCUT2D eigenvalue weighted by molar-refractivity contribution is -0.0216. The fraction of sp³-hybridized carbons (Fsp3) is 1.00. The highest BCUT2D eigenvalue weighted by Crippen LogP contribution is 2.19. The minimum absolute atomic E-state index is 0.0408. The van der Waals surface area contributed by atoms with Crippen molar-refractivity contribution in [1.82, 2.24) is 9.80 Å². The average Bonchev–Trinajstić information content (AvgIpc) is 2.29. The molecule has 0 aromatic carbocycles. The van der Waals surface area contributed by atoms with E-state index in [-0.39, 0.29) is 6.10 Å². The minimum atomic E-state index is -0.0408. The first-order valence-corrected chi connectivity index (χ1v) is 4.36. The van der Waals surface area contributed by atoms with Crippen LogP contribution in [0.25, 0.3) is 0 Å². The van der Waals surface area contributed by atoms with E-state index in [9.17, 15) is 0 Å². The van der Waals surface area contributed by atoms with Gasteiger partial charge in [-0.05, 0) is 20.0 Å². The van der Waals surface area contributed by atoms with Gasteiger partial charge in [-0.25, -0.2) is 0 Å². The monoisotopic (exact) mass is 156 g/mol. The van der Waals surface area contributed by atoms with Gasteiger partial charge in [0.1, 0.15) is 0 Å². The van der Waals surface area contributed by atoms with E-state index in [0.29, 0.717) is 0 Å². The molecule has 0 bridgehead atoms. The zero-order valence-corrected chi connectivity index (χ0v) is 7.03. The predicted octanol–water partition coefficient (Wildman–Crippen LogP) is -0.633. The van der Waals surface area contributed by atoms with Crippen LogP contribution in [0.3, 0.4) is 0 Å². The van der Waals surface area contributed by atoms with Crippen LogP contribution < -0.4 is 0 Å². The molecule has 3 nitrogen and oxygen atoms in total. The van der Waals surface area contributed by atoms with Crippen molar-refractivity contribution < 1.29 is 5.11 Å². The van der Waals surface area contributed by atoms with Gasteiger partial charge in [-0.15, -0.1) is 0 Å². The molecule has 2 heterocycles. The lowest BCUT2D eigenvalue weighted by Crippen LogP contribution is -2.55. The standard InChI is InChI=1S/C8H16N2O/c1-9-3-2-7(4-9)10-5-8(11)6-10/h7-8,11H,2-6H2,1H3. The van der Waals surface area contributed by atoms with Gasteiger partial charge in [-0.2, -0.15) is 0 Å². The molecule has 1 atom stereocenters. The third kappa shape index (κ3) is 1.41. The second-order valence-electron chi connectivity index (χ2n) is 3.81. The summed E-state index contributed by atoms with van der Waals surface area (Å²) in [7, 11) is 2.16. The molecule has 0 radical (unpaired) electrons. The Hall–Kier alpha value is -0.120. The zero-order valence-electron chi connectivity index (χ0n) is 7.03. The number of hydrogen-bond donors (Lipinski definition) is 1. The van der Waals surface area contributed by atoms with Crippen molar-refractivity contribution in [2.24, 2.45) is 0 Å². The first-order valence-electron chi connectivity index (χ1n) is 4.36. The number of rotatable bonds is 1. The van der Waals surface area contributed by atoms with Gasteiger partial charge in [0.15, 0.2) is 0 Å². The molecule has 2 rings (SSSR count). The van der Waals surface area contributed by atoms with Gasteiger partial charge in [0.05, 0.1) is 6.10 Å². The van der Waals surface area contributed by atoms with Crippen LogP contribution in [0.4, 0.5) is 0 Å². The first kappa shape index (κ1) is 7.53. The van der Waals surface area contributed by atoms with E-state index in [2.05, 4.69) is 16.8 Å². The van der Waals surface area contributed by atoms with E-state index >= 15 is 0 Å². The molecule has 0 spiro atoms. The second kappa shape index (κ2) is 2.73. The highest BCUT2D eigenvalue weighted by Gasteiger charge is 2.33. The first-order chi connectivity index (χ1) is 5.25. The summed E-state index contributed by atoms with van der Waals surface area (Å²) in [6, 6.07) is 0.725. The number of aliphatic hydroxyl groups excluding tert-OH is 1. The molecule has 2 aliphatic heterocycles. The SMILES string of the molecule is CN1CCC(N2CC(O)C2)C1. The normalized spacial score (nSPS) is 36.0. The molecule has 1 unspecified atom stereocenters. The lowest BCUT2D eigenvalue weighted by atomic mass is 10.1. The summed E-state index contributed by atoms with van der Waals surface area (Å²) in [6.07, 6.45) is 1.24. The number of β-amino-alcohol motifs (C(OH)–C–C–N with tert-alkyl or cyclic N) is 1. The summed E-state index contributed by atoms with van der Waals surface area (Å²) >= 11 is 0. The van der Waals surface area contributed by atoms with Gasteiger partial charge in [-0.3, -0.25) is 4.90 Å². The van der Waals surface area contributed by atoms with Crippen LogP contribution in [0.2, 0.25) is 0 Å². The van der Waals surface area contributed by atoms with Gasteiger partial charge in [-0.1, -0.05) is 0 Å². The summed E-state index contributed by atoms with van der Waals surface area (Å²) < 4.78 is 0. The molecule has 3 heteroatoms. The molecule has 2 saturated heterocycles. The highest BCUT2D eigenvalue weighted by atomic mass is 16.3. The molecule has 64 valence electrons. The molecule has 0 amide bonds. The van der Waals surface area contributed by atoms with E-state index < -0.39 is 0 Å². The Morgan fingerprint density at radius 2 is 2.00 bits per heavy atom. The van der Waals surface area contributed by atoms with Crippen molar-refractivity contribution in [2.75, 3.05) is 33.2 Å². The van der Waals surface area contributed by atoms with Crippen LogP contribution >= 0.6 is 0 Å². The summed E-state index contributed by atoms with van der Waals surface area (Å²) in [5.74, 6) is 0. The van der Waals surface area contributed by atoms with Crippen LogP contribution in [0, 0.1) is 0 Å². The molecule has 0 aromatic heterocycles. The molecule has 11 heavy (non-hydrogen) atoms. The van der Waals surface area contributed by atoms with Crippen molar-refractivity contribution in [1.29, 1.82) is 0 Å². The minimum Gasteiger partial charge on any atom is -0.390 e. The summed E-state index contributed by atoms with van der Waals surface area (Å²) in [4.78, 5) is 4.74. The van der Waals surface area contributed by atoms with Gasteiger partial charge in [0.2, 0.25) is 0 Å². The van der Waals surface area contributed by atoms with Crippen molar-refractivity contribution in [3.63, 3.8) is 0 Å². The molecule has 2 fully saturated rings. The molecule has 2 aliphatic rings. The Balaban J connectivity index is 1.79. The molecular formula is C8H16N2O. The quantitative estimate of drug-likeness (QED) is 0.547. The Bertz CT molecular complexity index is 145. The zero-order chi connectivity index (χ0) is 7.84. The number of likely N-dealkylation sites (N-methyl/N-ethyl adjacent to an activating group) is 1. The molecular weight excluding hydrogens is 140 g/mol. The Labute approximate surface area is 67.6 Å². The summed E-state index contributed by atoms with van der Waals surface area (Å²) in [5, 5.41) is 9.09. The lowest BCUT2D eigenvalue weighted by Gasteiger charge is -2.40. The second-order valence-corrected chi connectivity index (χ2v) is 3.81. The molecule has 0 aromatic rings. The molecule has 0 saturated carbocycles. The molecule has 0 aliphatic carbocycles. The Morgan fingerprint density at radius 3 is 2.45 bits per heavy atom. The number of likely N-dealkylation sites (tertiary alicyclic amines) is 2. The van der Waals surface area contributed by atoms with Crippen molar-refractivity contribution in [3.05, 3.63) is 0 Å². The third-order valence-corrected chi connectivity index (χ3v) is 2.77. The van der Waals surface area contributed by atoms with E-state index in [1.165, 1.54) is 19.5 Å². The summed E-state index contributed by atoms with van der Waals surface area (Å²) in [6.45, 7) is 4.21. The van der Waals surface area contributed by atoms with Crippen molar-refractivity contribution in [3.8, 4) is 0 Å². The van der Waals surface area contributed by atoms with E-state index in [0.717, 1.165) is 19.1 Å². The van der Waals surface area contributed by atoms with Crippen LogP contribution in [-0.2, 0) is 0 Å². The number of hydrogen-bond acceptors (Lipinski definition) is 3. The number of nitrogens with zero attached hydrogens (tertiary/aromatic N) is 2. The van der Waals surface area contributed by atoms with E-state index in [1.807, 2.05) is 0 Å². The maximum absolute atomic E-state index is 9.09. The largest absolute Gasteiger partial charge is 0.390 e.